The molecule has 1 amide bonds. The molecule has 23 heavy (non-hydrogen) atoms. The summed E-state index contributed by atoms with van der Waals surface area (Å²) in [4.78, 5) is 15.8. The fourth-order valence-electron chi connectivity index (χ4n) is 3.14. The topological polar surface area (TPSA) is 23.6 Å². The number of rotatable bonds is 6. The summed E-state index contributed by atoms with van der Waals surface area (Å²) in [5.41, 5.74) is 2.72. The smallest absolute Gasteiger partial charge is 0.210 e. The van der Waals surface area contributed by atoms with Crippen LogP contribution in [0.15, 0.2) is 24.3 Å². The summed E-state index contributed by atoms with van der Waals surface area (Å²) in [6, 6.07) is 8.69. The molecular formula is C20H32N2O. The SMILES string of the molecule is CC(C)(C)c1ccc(CN(C=O)CCN2CCCCCC2)cc1. The average molecular weight is 316 g/mol. The minimum atomic E-state index is 0.176. The summed E-state index contributed by atoms with van der Waals surface area (Å²) >= 11 is 0. The van der Waals surface area contributed by atoms with E-state index < -0.39 is 0 Å². The van der Waals surface area contributed by atoms with Gasteiger partial charge in [-0.3, -0.25) is 4.79 Å². The number of hydrogen-bond donors (Lipinski definition) is 0. The molecule has 0 aliphatic carbocycles. The molecule has 1 fully saturated rings. The zero-order valence-electron chi connectivity index (χ0n) is 15.1. The van der Waals surface area contributed by atoms with Crippen molar-refractivity contribution in [1.82, 2.24) is 9.80 Å². The summed E-state index contributed by atoms with van der Waals surface area (Å²) in [6.07, 6.45) is 6.31. The van der Waals surface area contributed by atoms with Crippen LogP contribution < -0.4 is 0 Å². The van der Waals surface area contributed by atoms with Gasteiger partial charge < -0.3 is 9.80 Å². The first kappa shape index (κ1) is 18.0. The van der Waals surface area contributed by atoms with Crippen LogP contribution in [0.3, 0.4) is 0 Å². The maximum atomic E-state index is 11.4. The first-order chi connectivity index (χ1) is 11.0. The third kappa shape index (κ3) is 5.98. The van der Waals surface area contributed by atoms with Crippen LogP contribution in [0.5, 0.6) is 0 Å². The molecular weight excluding hydrogens is 284 g/mol. The van der Waals surface area contributed by atoms with Crippen molar-refractivity contribution in [1.29, 1.82) is 0 Å². The number of likely N-dealkylation sites (tertiary alicyclic amines) is 1. The van der Waals surface area contributed by atoms with E-state index in [0.717, 1.165) is 19.5 Å². The van der Waals surface area contributed by atoms with Crippen molar-refractivity contribution in [3.05, 3.63) is 35.4 Å². The minimum Gasteiger partial charge on any atom is -0.340 e. The Morgan fingerprint density at radius 1 is 1.04 bits per heavy atom. The van der Waals surface area contributed by atoms with Gasteiger partial charge in [0, 0.05) is 19.6 Å². The molecule has 0 atom stereocenters. The fourth-order valence-corrected chi connectivity index (χ4v) is 3.14. The second kappa shape index (κ2) is 8.49. The molecule has 128 valence electrons. The molecule has 1 aliphatic rings. The summed E-state index contributed by atoms with van der Waals surface area (Å²) < 4.78 is 0. The zero-order valence-corrected chi connectivity index (χ0v) is 15.1. The van der Waals surface area contributed by atoms with Crippen molar-refractivity contribution < 1.29 is 4.79 Å². The predicted molar refractivity (Wildman–Crippen MR) is 96.5 cm³/mol. The lowest BCUT2D eigenvalue weighted by atomic mass is 9.87. The molecule has 1 saturated heterocycles. The van der Waals surface area contributed by atoms with E-state index in [4.69, 9.17) is 0 Å². The molecule has 3 heteroatoms. The molecule has 0 unspecified atom stereocenters. The van der Waals surface area contributed by atoms with Gasteiger partial charge in [0.25, 0.3) is 0 Å². The summed E-state index contributed by atoms with van der Waals surface area (Å²) in [5.74, 6) is 0. The van der Waals surface area contributed by atoms with Gasteiger partial charge in [-0.15, -0.1) is 0 Å². The quantitative estimate of drug-likeness (QED) is 0.745. The van der Waals surface area contributed by atoms with Gasteiger partial charge in [-0.2, -0.15) is 0 Å². The number of carbonyl (C=O) groups excluding carboxylic acids is 1. The summed E-state index contributed by atoms with van der Waals surface area (Å²) in [5, 5.41) is 0. The van der Waals surface area contributed by atoms with Gasteiger partial charge in [0.15, 0.2) is 0 Å². The number of amides is 1. The molecule has 1 aromatic rings. The monoisotopic (exact) mass is 316 g/mol. The second-order valence-corrected chi connectivity index (χ2v) is 7.78. The molecule has 2 rings (SSSR count). The lowest BCUT2D eigenvalue weighted by Gasteiger charge is -2.24. The van der Waals surface area contributed by atoms with Crippen molar-refractivity contribution in [2.45, 2.75) is 58.4 Å². The van der Waals surface area contributed by atoms with Crippen LogP contribution in [0.1, 0.15) is 57.6 Å². The van der Waals surface area contributed by atoms with Crippen molar-refractivity contribution in [3.63, 3.8) is 0 Å². The van der Waals surface area contributed by atoms with Crippen LogP contribution in [0.4, 0.5) is 0 Å². The molecule has 0 N–H and O–H groups in total. The third-order valence-electron chi connectivity index (χ3n) is 4.76. The van der Waals surface area contributed by atoms with E-state index in [1.54, 1.807) is 0 Å². The Morgan fingerprint density at radius 2 is 1.65 bits per heavy atom. The Kier molecular flexibility index (Phi) is 6.64. The Balaban J connectivity index is 1.85. The molecule has 0 spiro atoms. The third-order valence-corrected chi connectivity index (χ3v) is 4.76. The maximum absolute atomic E-state index is 11.4. The Hall–Kier alpha value is -1.35. The molecule has 1 heterocycles. The Morgan fingerprint density at radius 3 is 2.17 bits per heavy atom. The largest absolute Gasteiger partial charge is 0.340 e. The van der Waals surface area contributed by atoms with E-state index in [2.05, 4.69) is 49.9 Å². The molecule has 0 radical (unpaired) electrons. The minimum absolute atomic E-state index is 0.176. The van der Waals surface area contributed by atoms with E-state index in [-0.39, 0.29) is 5.41 Å². The van der Waals surface area contributed by atoms with Crippen LogP contribution in [0.2, 0.25) is 0 Å². The zero-order chi connectivity index (χ0) is 16.7. The van der Waals surface area contributed by atoms with Gasteiger partial charge in [-0.25, -0.2) is 0 Å². The van der Waals surface area contributed by atoms with Crippen molar-refractivity contribution in [2.75, 3.05) is 26.2 Å². The van der Waals surface area contributed by atoms with Crippen LogP contribution in [-0.2, 0) is 16.8 Å². The Labute approximate surface area is 141 Å². The van der Waals surface area contributed by atoms with E-state index >= 15 is 0 Å². The number of benzene rings is 1. The normalized spacial score (nSPS) is 16.8. The predicted octanol–water partition coefficient (Wildman–Crippen LogP) is 3.82. The summed E-state index contributed by atoms with van der Waals surface area (Å²) in [6.45, 7) is 11.6. The highest BCUT2D eigenvalue weighted by Gasteiger charge is 2.14. The van der Waals surface area contributed by atoms with Crippen molar-refractivity contribution in [2.24, 2.45) is 0 Å². The first-order valence-corrected chi connectivity index (χ1v) is 9.00. The highest BCUT2D eigenvalue weighted by molar-refractivity contribution is 5.47. The van der Waals surface area contributed by atoms with E-state index in [1.165, 1.54) is 49.9 Å². The van der Waals surface area contributed by atoms with E-state index in [9.17, 15) is 4.79 Å². The number of nitrogens with zero attached hydrogens (tertiary/aromatic N) is 2. The molecule has 0 bridgehead atoms. The highest BCUT2D eigenvalue weighted by atomic mass is 16.1. The average Bonchev–Trinajstić information content (AvgIpc) is 2.79. The molecule has 0 saturated carbocycles. The first-order valence-electron chi connectivity index (χ1n) is 9.00. The molecule has 1 aromatic carbocycles. The van der Waals surface area contributed by atoms with Crippen LogP contribution in [0.25, 0.3) is 0 Å². The van der Waals surface area contributed by atoms with Crippen LogP contribution in [-0.4, -0.2) is 42.4 Å². The van der Waals surface area contributed by atoms with Crippen LogP contribution >= 0.6 is 0 Å². The van der Waals surface area contributed by atoms with Crippen LogP contribution in [0, 0.1) is 0 Å². The lowest BCUT2D eigenvalue weighted by molar-refractivity contribution is -0.118. The molecule has 0 aromatic heterocycles. The molecule has 1 aliphatic heterocycles. The van der Waals surface area contributed by atoms with E-state index in [0.29, 0.717) is 6.54 Å². The van der Waals surface area contributed by atoms with Gasteiger partial charge in [0.2, 0.25) is 6.41 Å². The Bertz CT molecular complexity index is 467. The maximum Gasteiger partial charge on any atom is 0.210 e. The molecule has 3 nitrogen and oxygen atoms in total. The fraction of sp³-hybridized carbons (Fsp3) is 0.650. The van der Waals surface area contributed by atoms with Gasteiger partial charge >= 0.3 is 0 Å². The standard InChI is InChI=1S/C20H32N2O/c1-20(2,3)19-10-8-18(9-11-19)16-22(17-23)15-14-21-12-6-4-5-7-13-21/h8-11,17H,4-7,12-16H2,1-3H3. The van der Waals surface area contributed by atoms with Gasteiger partial charge in [0.1, 0.15) is 0 Å². The van der Waals surface area contributed by atoms with Gasteiger partial charge in [0.05, 0.1) is 0 Å². The van der Waals surface area contributed by atoms with E-state index in [1.807, 2.05) is 4.90 Å². The van der Waals surface area contributed by atoms with Crippen molar-refractivity contribution in [3.8, 4) is 0 Å². The van der Waals surface area contributed by atoms with Gasteiger partial charge in [-0.1, -0.05) is 57.9 Å². The van der Waals surface area contributed by atoms with Gasteiger partial charge in [-0.05, 0) is 42.5 Å². The number of hydrogen-bond acceptors (Lipinski definition) is 2. The van der Waals surface area contributed by atoms with Crippen molar-refractivity contribution >= 4 is 6.41 Å². The second-order valence-electron chi connectivity index (χ2n) is 7.78. The number of carbonyl (C=O) groups is 1. The summed E-state index contributed by atoms with van der Waals surface area (Å²) in [7, 11) is 0. The lowest BCUT2D eigenvalue weighted by Crippen LogP contribution is -2.34. The highest BCUT2D eigenvalue weighted by Crippen LogP contribution is 2.22.